The molecule has 0 aliphatic heterocycles. The van der Waals surface area contributed by atoms with Crippen LogP contribution in [0.25, 0.3) is 0 Å². The molecule has 0 spiro atoms. The normalized spacial score (nSPS) is 56.0. The van der Waals surface area contributed by atoms with Gasteiger partial charge in [0, 0.05) is 19.3 Å². The minimum atomic E-state index is -0.807. The third-order valence-electron chi connectivity index (χ3n) is 9.07. The average Bonchev–Trinajstić information content (AvgIpc) is 2.73. The molecular weight excluding hydrogens is 288 g/mol. The predicted octanol–water partition coefficient (Wildman–Crippen LogP) is 3.67. The van der Waals surface area contributed by atoms with E-state index in [4.69, 9.17) is 0 Å². The summed E-state index contributed by atoms with van der Waals surface area (Å²) in [7, 11) is 0. The first-order valence-electron chi connectivity index (χ1n) is 9.44. The first-order chi connectivity index (χ1) is 10.7. The maximum absolute atomic E-state index is 12.5. The third-order valence-corrected chi connectivity index (χ3v) is 9.07. The molecule has 0 aromatic carbocycles. The summed E-state index contributed by atoms with van der Waals surface area (Å²) in [5.74, 6) is 1.38. The molecule has 4 rings (SSSR count). The summed E-state index contributed by atoms with van der Waals surface area (Å²) in [6.45, 7) is 6.69. The maximum Gasteiger partial charge on any atom is 0.141 e. The second kappa shape index (κ2) is 4.47. The lowest BCUT2D eigenvalue weighted by Gasteiger charge is -2.65. The van der Waals surface area contributed by atoms with Crippen molar-refractivity contribution in [1.82, 2.24) is 0 Å². The van der Waals surface area contributed by atoms with Gasteiger partial charge in [0.2, 0.25) is 0 Å². The van der Waals surface area contributed by atoms with Crippen LogP contribution in [-0.4, -0.2) is 22.3 Å². The molecule has 128 valence electrons. The number of hydrogen-bond acceptors (Lipinski definition) is 3. The molecule has 0 aromatic rings. The number of aliphatic hydroxyl groups is 1. The molecule has 4 aliphatic rings. The third kappa shape index (κ3) is 1.70. The molecule has 3 nitrogen and oxygen atoms in total. The SMILES string of the molecule is C[C@]12CC[C@@H]3[C@H](CC[C@@]4(C)C(=O)CC[C@@]34O)[C@]1(C)CCC(=O)C2. The summed E-state index contributed by atoms with van der Waals surface area (Å²) < 4.78 is 0. The zero-order valence-electron chi connectivity index (χ0n) is 14.8. The highest BCUT2D eigenvalue weighted by Gasteiger charge is 2.69. The fourth-order valence-corrected chi connectivity index (χ4v) is 7.14. The maximum atomic E-state index is 12.5. The first kappa shape index (κ1) is 15.8. The lowest BCUT2D eigenvalue weighted by Crippen LogP contribution is -2.64. The molecular formula is C20H30O3. The second-order valence-corrected chi connectivity index (χ2v) is 9.66. The minimum Gasteiger partial charge on any atom is -0.389 e. The van der Waals surface area contributed by atoms with E-state index in [1.807, 2.05) is 6.92 Å². The highest BCUT2D eigenvalue weighted by molar-refractivity contribution is 5.88. The van der Waals surface area contributed by atoms with E-state index in [0.717, 1.165) is 32.1 Å². The van der Waals surface area contributed by atoms with E-state index in [1.54, 1.807) is 0 Å². The Hall–Kier alpha value is -0.700. The van der Waals surface area contributed by atoms with Crippen LogP contribution in [0.15, 0.2) is 0 Å². The van der Waals surface area contributed by atoms with Crippen LogP contribution < -0.4 is 0 Å². The molecule has 0 bridgehead atoms. The zero-order valence-corrected chi connectivity index (χ0v) is 14.8. The lowest BCUT2D eigenvalue weighted by atomic mass is 9.40. The summed E-state index contributed by atoms with van der Waals surface area (Å²) in [5.41, 5.74) is -1.12. The van der Waals surface area contributed by atoms with Crippen molar-refractivity contribution in [2.45, 2.75) is 84.2 Å². The van der Waals surface area contributed by atoms with E-state index in [2.05, 4.69) is 13.8 Å². The van der Waals surface area contributed by atoms with Crippen LogP contribution in [0.1, 0.15) is 78.6 Å². The van der Waals surface area contributed by atoms with Gasteiger partial charge < -0.3 is 5.11 Å². The highest BCUT2D eigenvalue weighted by atomic mass is 16.3. The number of carbonyl (C=O) groups is 2. The molecule has 0 amide bonds. The Balaban J connectivity index is 1.75. The molecule has 4 aliphatic carbocycles. The van der Waals surface area contributed by atoms with Crippen LogP contribution >= 0.6 is 0 Å². The van der Waals surface area contributed by atoms with Gasteiger partial charge in [-0.15, -0.1) is 0 Å². The summed E-state index contributed by atoms with van der Waals surface area (Å²) in [6, 6.07) is 0. The topological polar surface area (TPSA) is 54.4 Å². The van der Waals surface area contributed by atoms with E-state index in [0.29, 0.717) is 37.4 Å². The van der Waals surface area contributed by atoms with E-state index in [9.17, 15) is 14.7 Å². The van der Waals surface area contributed by atoms with E-state index in [1.165, 1.54) is 0 Å². The van der Waals surface area contributed by atoms with Gasteiger partial charge in [0.1, 0.15) is 11.6 Å². The zero-order chi connectivity index (χ0) is 16.7. The Bertz CT molecular complexity index is 583. The van der Waals surface area contributed by atoms with Crippen LogP contribution in [0.3, 0.4) is 0 Å². The Labute approximate surface area is 139 Å². The van der Waals surface area contributed by atoms with Gasteiger partial charge in [-0.3, -0.25) is 9.59 Å². The predicted molar refractivity (Wildman–Crippen MR) is 87.8 cm³/mol. The smallest absolute Gasteiger partial charge is 0.141 e. The van der Waals surface area contributed by atoms with Crippen LogP contribution in [0.4, 0.5) is 0 Å². The van der Waals surface area contributed by atoms with Crippen molar-refractivity contribution in [3.8, 4) is 0 Å². The van der Waals surface area contributed by atoms with Crippen molar-refractivity contribution in [1.29, 1.82) is 0 Å². The van der Waals surface area contributed by atoms with Gasteiger partial charge in [-0.25, -0.2) is 0 Å². The average molecular weight is 318 g/mol. The molecule has 0 aromatic heterocycles. The van der Waals surface area contributed by atoms with Gasteiger partial charge in [0.15, 0.2) is 0 Å². The Morgan fingerprint density at radius 3 is 2.35 bits per heavy atom. The fraction of sp³-hybridized carbons (Fsp3) is 0.900. The molecule has 4 saturated carbocycles. The van der Waals surface area contributed by atoms with Crippen molar-refractivity contribution in [2.24, 2.45) is 28.1 Å². The summed E-state index contributed by atoms with van der Waals surface area (Å²) in [4.78, 5) is 24.5. The summed E-state index contributed by atoms with van der Waals surface area (Å²) in [5, 5.41) is 11.6. The van der Waals surface area contributed by atoms with Gasteiger partial charge in [-0.1, -0.05) is 13.8 Å². The van der Waals surface area contributed by atoms with Gasteiger partial charge in [0.25, 0.3) is 0 Å². The van der Waals surface area contributed by atoms with Gasteiger partial charge in [-0.05, 0) is 68.1 Å². The Morgan fingerprint density at radius 2 is 1.61 bits per heavy atom. The van der Waals surface area contributed by atoms with Crippen LogP contribution in [0.5, 0.6) is 0 Å². The molecule has 3 heteroatoms. The molecule has 1 N–H and O–H groups in total. The lowest BCUT2D eigenvalue weighted by molar-refractivity contribution is -0.214. The highest BCUT2D eigenvalue weighted by Crippen LogP contribution is 2.69. The number of rotatable bonds is 0. The molecule has 0 heterocycles. The quantitative estimate of drug-likeness (QED) is 0.741. The molecule has 23 heavy (non-hydrogen) atoms. The molecule has 0 radical (unpaired) electrons. The fourth-order valence-electron chi connectivity index (χ4n) is 7.14. The summed E-state index contributed by atoms with van der Waals surface area (Å²) in [6.07, 6.45) is 7.42. The minimum absolute atomic E-state index is 0.0796. The molecule has 0 saturated heterocycles. The monoisotopic (exact) mass is 318 g/mol. The molecule has 6 atom stereocenters. The van der Waals surface area contributed by atoms with Gasteiger partial charge in [-0.2, -0.15) is 0 Å². The Morgan fingerprint density at radius 1 is 0.913 bits per heavy atom. The van der Waals surface area contributed by atoms with E-state index in [-0.39, 0.29) is 22.5 Å². The first-order valence-corrected chi connectivity index (χ1v) is 9.44. The van der Waals surface area contributed by atoms with E-state index < -0.39 is 11.0 Å². The van der Waals surface area contributed by atoms with Crippen molar-refractivity contribution in [3.05, 3.63) is 0 Å². The van der Waals surface area contributed by atoms with Crippen molar-refractivity contribution >= 4 is 11.6 Å². The molecule has 4 fully saturated rings. The number of Topliss-reactive ketones (excluding diaryl/α,β-unsaturated/α-hetero) is 2. The largest absolute Gasteiger partial charge is 0.389 e. The number of hydrogen-bond donors (Lipinski definition) is 1. The van der Waals surface area contributed by atoms with Crippen molar-refractivity contribution < 1.29 is 14.7 Å². The van der Waals surface area contributed by atoms with Gasteiger partial charge >= 0.3 is 0 Å². The van der Waals surface area contributed by atoms with Crippen molar-refractivity contribution in [3.63, 3.8) is 0 Å². The standard InChI is InChI=1S/C20H30O3/c1-17-8-5-15-14(18(17,2)9-4-13(21)12-17)6-10-19(3)16(22)7-11-20(15,19)23/h14-15,23H,4-12H2,1-3H3/t14-,15+,17+,18-,19-,20+/m0/s1. The molecule has 0 unspecified atom stereocenters. The van der Waals surface area contributed by atoms with Gasteiger partial charge in [0.05, 0.1) is 11.0 Å². The second-order valence-electron chi connectivity index (χ2n) is 9.66. The van der Waals surface area contributed by atoms with Crippen LogP contribution in [0, 0.1) is 28.1 Å². The van der Waals surface area contributed by atoms with Crippen LogP contribution in [-0.2, 0) is 9.59 Å². The Kier molecular flexibility index (Phi) is 3.07. The van der Waals surface area contributed by atoms with E-state index >= 15 is 0 Å². The van der Waals surface area contributed by atoms with Crippen LogP contribution in [0.2, 0.25) is 0 Å². The summed E-state index contributed by atoms with van der Waals surface area (Å²) >= 11 is 0. The number of ketones is 2. The van der Waals surface area contributed by atoms with Crippen molar-refractivity contribution in [2.75, 3.05) is 0 Å². The number of fused-ring (bicyclic) bond motifs is 5. The number of carbonyl (C=O) groups excluding carboxylic acids is 2.